The molecule has 0 saturated carbocycles. The zero-order valence-electron chi connectivity index (χ0n) is 9.94. The number of hydrogen-bond donors (Lipinski definition) is 1. The van der Waals surface area contributed by atoms with E-state index >= 15 is 0 Å². The minimum absolute atomic E-state index is 0.0832. The first-order valence-electron chi connectivity index (χ1n) is 5.87. The highest BCUT2D eigenvalue weighted by atomic mass is 16.6. The van der Waals surface area contributed by atoms with Crippen molar-refractivity contribution in [3.63, 3.8) is 0 Å². The molecule has 0 aromatic heterocycles. The average molecular weight is 235 g/mol. The lowest BCUT2D eigenvalue weighted by Crippen LogP contribution is -2.32. The fourth-order valence-electron chi connectivity index (χ4n) is 1.84. The van der Waals surface area contributed by atoms with E-state index in [9.17, 15) is 4.79 Å². The van der Waals surface area contributed by atoms with Crippen LogP contribution >= 0.6 is 0 Å². The first-order valence-corrected chi connectivity index (χ1v) is 5.87. The van der Waals surface area contributed by atoms with Crippen molar-refractivity contribution < 1.29 is 14.3 Å². The molecule has 4 nitrogen and oxygen atoms in total. The lowest BCUT2D eigenvalue weighted by Gasteiger charge is -2.19. The molecule has 0 fully saturated rings. The van der Waals surface area contributed by atoms with E-state index in [1.54, 1.807) is 0 Å². The highest BCUT2D eigenvalue weighted by Gasteiger charge is 2.15. The SMILES string of the molecule is CCC(=O)C(N)Cc1ccc2c(c1)OCCO2. The molecule has 4 heteroatoms. The first kappa shape index (κ1) is 11.9. The molecule has 1 aromatic carbocycles. The highest BCUT2D eigenvalue weighted by molar-refractivity contribution is 5.83. The smallest absolute Gasteiger partial charge is 0.161 e. The molecule has 0 bridgehead atoms. The van der Waals surface area contributed by atoms with Crippen molar-refractivity contribution in [3.05, 3.63) is 23.8 Å². The number of benzene rings is 1. The molecule has 92 valence electrons. The number of rotatable bonds is 4. The van der Waals surface area contributed by atoms with Crippen molar-refractivity contribution >= 4 is 5.78 Å². The van der Waals surface area contributed by atoms with Crippen molar-refractivity contribution in [3.8, 4) is 11.5 Å². The summed E-state index contributed by atoms with van der Waals surface area (Å²) in [6, 6.07) is 5.27. The summed E-state index contributed by atoms with van der Waals surface area (Å²) < 4.78 is 10.9. The average Bonchev–Trinajstić information content (AvgIpc) is 2.37. The van der Waals surface area contributed by atoms with Crippen molar-refractivity contribution in [2.24, 2.45) is 5.73 Å². The zero-order valence-corrected chi connectivity index (χ0v) is 9.94. The van der Waals surface area contributed by atoms with Crippen LogP contribution in [0.2, 0.25) is 0 Å². The Morgan fingerprint density at radius 2 is 2.06 bits per heavy atom. The number of Topliss-reactive ketones (excluding diaryl/α,β-unsaturated/α-hetero) is 1. The molecule has 17 heavy (non-hydrogen) atoms. The molecule has 1 unspecified atom stereocenters. The molecule has 2 rings (SSSR count). The van der Waals surface area contributed by atoms with Crippen LogP contribution in [0.5, 0.6) is 11.5 Å². The fraction of sp³-hybridized carbons (Fsp3) is 0.462. The zero-order chi connectivity index (χ0) is 12.3. The third-order valence-corrected chi connectivity index (χ3v) is 2.82. The number of carbonyl (C=O) groups excluding carboxylic acids is 1. The molecule has 0 saturated heterocycles. The summed E-state index contributed by atoms with van der Waals surface area (Å²) in [5.74, 6) is 1.58. The monoisotopic (exact) mass is 235 g/mol. The second kappa shape index (κ2) is 5.19. The molecular formula is C13H17NO3. The van der Waals surface area contributed by atoms with Gasteiger partial charge in [0.05, 0.1) is 6.04 Å². The van der Waals surface area contributed by atoms with E-state index in [1.165, 1.54) is 0 Å². The van der Waals surface area contributed by atoms with Crippen molar-refractivity contribution in [1.29, 1.82) is 0 Å². The molecule has 1 aliphatic rings. The third-order valence-electron chi connectivity index (χ3n) is 2.82. The van der Waals surface area contributed by atoms with Crippen molar-refractivity contribution in [1.82, 2.24) is 0 Å². The first-order chi connectivity index (χ1) is 8.20. The third kappa shape index (κ3) is 2.77. The van der Waals surface area contributed by atoms with Gasteiger partial charge in [0.1, 0.15) is 19.0 Å². The predicted octanol–water partition coefficient (Wildman–Crippen LogP) is 1.31. The number of hydrogen-bond acceptors (Lipinski definition) is 4. The molecule has 0 spiro atoms. The minimum Gasteiger partial charge on any atom is -0.486 e. The lowest BCUT2D eigenvalue weighted by molar-refractivity contribution is -0.119. The number of ether oxygens (including phenoxy) is 2. The van der Waals surface area contributed by atoms with Gasteiger partial charge in [-0.3, -0.25) is 4.79 Å². The van der Waals surface area contributed by atoms with Gasteiger partial charge in [0.15, 0.2) is 11.5 Å². The second-order valence-electron chi connectivity index (χ2n) is 4.11. The maximum Gasteiger partial charge on any atom is 0.161 e. The van der Waals surface area contributed by atoms with Crippen LogP contribution in [-0.4, -0.2) is 25.0 Å². The molecule has 1 aromatic rings. The van der Waals surface area contributed by atoms with Crippen LogP contribution in [0, 0.1) is 0 Å². The Kier molecular flexibility index (Phi) is 3.64. The fourth-order valence-corrected chi connectivity index (χ4v) is 1.84. The quantitative estimate of drug-likeness (QED) is 0.854. The molecular weight excluding hydrogens is 218 g/mol. The van der Waals surface area contributed by atoms with E-state index in [0.29, 0.717) is 26.1 Å². The van der Waals surface area contributed by atoms with E-state index in [1.807, 2.05) is 25.1 Å². The summed E-state index contributed by atoms with van der Waals surface area (Å²) in [4.78, 5) is 11.4. The van der Waals surface area contributed by atoms with Gasteiger partial charge in [-0.15, -0.1) is 0 Å². The van der Waals surface area contributed by atoms with Gasteiger partial charge in [-0.2, -0.15) is 0 Å². The van der Waals surface area contributed by atoms with Crippen LogP contribution < -0.4 is 15.2 Å². The van der Waals surface area contributed by atoms with Crippen molar-refractivity contribution in [2.75, 3.05) is 13.2 Å². The standard InChI is InChI=1S/C13H17NO3/c1-2-11(15)10(14)7-9-3-4-12-13(8-9)17-6-5-16-12/h3-4,8,10H,2,5-7,14H2,1H3. The lowest BCUT2D eigenvalue weighted by atomic mass is 10.0. The van der Waals surface area contributed by atoms with E-state index in [4.69, 9.17) is 15.2 Å². The molecule has 0 amide bonds. The topological polar surface area (TPSA) is 61.6 Å². The largest absolute Gasteiger partial charge is 0.486 e. The highest BCUT2D eigenvalue weighted by Crippen LogP contribution is 2.30. The maximum absolute atomic E-state index is 11.4. The molecule has 0 radical (unpaired) electrons. The second-order valence-corrected chi connectivity index (χ2v) is 4.11. The van der Waals surface area contributed by atoms with Crippen LogP contribution in [-0.2, 0) is 11.2 Å². The summed E-state index contributed by atoms with van der Waals surface area (Å²) in [6.45, 7) is 2.97. The van der Waals surface area contributed by atoms with Gasteiger partial charge < -0.3 is 15.2 Å². The van der Waals surface area contributed by atoms with Gasteiger partial charge in [0.2, 0.25) is 0 Å². The Morgan fingerprint density at radius 1 is 1.35 bits per heavy atom. The van der Waals surface area contributed by atoms with Gasteiger partial charge in [0.25, 0.3) is 0 Å². The van der Waals surface area contributed by atoms with Gasteiger partial charge in [0, 0.05) is 6.42 Å². The van der Waals surface area contributed by atoms with E-state index in [2.05, 4.69) is 0 Å². The van der Waals surface area contributed by atoms with Crippen LogP contribution in [0.15, 0.2) is 18.2 Å². The summed E-state index contributed by atoms with van der Waals surface area (Å²) in [5.41, 5.74) is 6.82. The minimum atomic E-state index is -0.428. The van der Waals surface area contributed by atoms with Gasteiger partial charge >= 0.3 is 0 Å². The predicted molar refractivity (Wildman–Crippen MR) is 64.4 cm³/mol. The Morgan fingerprint density at radius 3 is 2.76 bits per heavy atom. The van der Waals surface area contributed by atoms with Gasteiger partial charge in [-0.25, -0.2) is 0 Å². The van der Waals surface area contributed by atoms with Crippen LogP contribution in [0.25, 0.3) is 0 Å². The van der Waals surface area contributed by atoms with Crippen LogP contribution in [0.1, 0.15) is 18.9 Å². The Bertz CT molecular complexity index is 417. The maximum atomic E-state index is 11.4. The van der Waals surface area contributed by atoms with Gasteiger partial charge in [-0.1, -0.05) is 13.0 Å². The molecule has 0 aliphatic carbocycles. The summed E-state index contributed by atoms with van der Waals surface area (Å²) in [5, 5.41) is 0. The Labute approximate surface area is 101 Å². The Balaban J connectivity index is 2.09. The molecule has 1 aliphatic heterocycles. The number of nitrogens with two attached hydrogens (primary N) is 1. The van der Waals surface area contributed by atoms with E-state index < -0.39 is 6.04 Å². The van der Waals surface area contributed by atoms with Crippen LogP contribution in [0.4, 0.5) is 0 Å². The molecule has 2 N–H and O–H groups in total. The van der Waals surface area contributed by atoms with E-state index in [0.717, 1.165) is 17.1 Å². The summed E-state index contributed by atoms with van der Waals surface area (Å²) in [6.07, 6.45) is 1.02. The molecule has 1 heterocycles. The van der Waals surface area contributed by atoms with E-state index in [-0.39, 0.29) is 5.78 Å². The summed E-state index contributed by atoms with van der Waals surface area (Å²) in [7, 11) is 0. The van der Waals surface area contributed by atoms with Crippen molar-refractivity contribution in [2.45, 2.75) is 25.8 Å². The number of ketones is 1. The Hall–Kier alpha value is -1.55. The van der Waals surface area contributed by atoms with Gasteiger partial charge in [-0.05, 0) is 24.1 Å². The molecule has 1 atom stereocenters. The number of fused-ring (bicyclic) bond motifs is 1. The number of carbonyl (C=O) groups is 1. The van der Waals surface area contributed by atoms with Crippen LogP contribution in [0.3, 0.4) is 0 Å². The summed E-state index contributed by atoms with van der Waals surface area (Å²) >= 11 is 0. The normalized spacial score (nSPS) is 15.4.